The molecule has 1 fully saturated rings. The quantitative estimate of drug-likeness (QED) is 0.785. The minimum atomic E-state index is 0.394. The molecular formula is C24H34N4. The van der Waals surface area contributed by atoms with Crippen LogP contribution in [0, 0.1) is 5.92 Å². The first-order chi connectivity index (χ1) is 13.6. The molecular weight excluding hydrogens is 344 g/mol. The summed E-state index contributed by atoms with van der Waals surface area (Å²) in [5.74, 6) is 1.18. The van der Waals surface area contributed by atoms with Gasteiger partial charge in [-0.15, -0.1) is 0 Å². The summed E-state index contributed by atoms with van der Waals surface area (Å²) in [5.41, 5.74) is 5.38. The highest BCUT2D eigenvalue weighted by atomic mass is 15.2. The Morgan fingerprint density at radius 3 is 2.79 bits per heavy atom. The Morgan fingerprint density at radius 1 is 1.21 bits per heavy atom. The van der Waals surface area contributed by atoms with Crippen molar-refractivity contribution in [3.8, 4) is 0 Å². The van der Waals surface area contributed by atoms with Gasteiger partial charge >= 0.3 is 0 Å². The molecule has 0 radical (unpaired) electrons. The molecule has 3 atom stereocenters. The molecule has 0 saturated carbocycles. The van der Waals surface area contributed by atoms with Crippen molar-refractivity contribution in [2.45, 2.75) is 64.6 Å². The zero-order chi connectivity index (χ0) is 19.5. The van der Waals surface area contributed by atoms with Crippen LogP contribution >= 0.6 is 0 Å². The SMILES string of the molecule is CC(C)Cc1ccc(CN2CCCC(NC3C=Cc4[nH]ncc4C3C)C2)cc1. The van der Waals surface area contributed by atoms with E-state index in [4.69, 9.17) is 0 Å². The van der Waals surface area contributed by atoms with Gasteiger partial charge in [0.1, 0.15) is 0 Å². The molecule has 4 heteroatoms. The normalized spacial score (nSPS) is 25.2. The van der Waals surface area contributed by atoms with Crippen LogP contribution in [0.4, 0.5) is 0 Å². The summed E-state index contributed by atoms with van der Waals surface area (Å²) in [6, 6.07) is 10.2. The fourth-order valence-electron chi connectivity index (χ4n) is 4.68. The maximum absolute atomic E-state index is 4.20. The van der Waals surface area contributed by atoms with Gasteiger partial charge in [0, 0.05) is 36.7 Å². The molecule has 2 aliphatic rings. The number of nitrogens with one attached hydrogen (secondary N) is 2. The second kappa shape index (κ2) is 8.62. The zero-order valence-electron chi connectivity index (χ0n) is 17.5. The van der Waals surface area contributed by atoms with Crippen molar-refractivity contribution >= 4 is 6.08 Å². The summed E-state index contributed by atoms with van der Waals surface area (Å²) in [4.78, 5) is 2.61. The molecule has 28 heavy (non-hydrogen) atoms. The number of hydrogen-bond acceptors (Lipinski definition) is 3. The van der Waals surface area contributed by atoms with E-state index in [9.17, 15) is 0 Å². The van der Waals surface area contributed by atoms with Gasteiger partial charge in [0.05, 0.1) is 11.9 Å². The van der Waals surface area contributed by atoms with Crippen LogP contribution in [0.15, 0.2) is 36.5 Å². The lowest BCUT2D eigenvalue weighted by atomic mass is 9.88. The maximum Gasteiger partial charge on any atom is 0.0610 e. The van der Waals surface area contributed by atoms with Gasteiger partial charge in [-0.3, -0.25) is 10.00 Å². The second-order valence-electron chi connectivity index (χ2n) is 9.07. The number of benzene rings is 1. The molecule has 0 amide bonds. The summed E-state index contributed by atoms with van der Waals surface area (Å²) in [7, 11) is 0. The fourth-order valence-corrected chi connectivity index (χ4v) is 4.68. The van der Waals surface area contributed by atoms with Gasteiger partial charge in [0.25, 0.3) is 0 Å². The molecule has 3 unspecified atom stereocenters. The van der Waals surface area contributed by atoms with E-state index in [1.807, 2.05) is 6.20 Å². The molecule has 1 aromatic carbocycles. The van der Waals surface area contributed by atoms with E-state index in [1.54, 1.807) is 0 Å². The number of nitrogens with zero attached hydrogens (tertiary/aromatic N) is 2. The molecule has 1 aliphatic heterocycles. The number of fused-ring (bicyclic) bond motifs is 1. The first kappa shape index (κ1) is 19.4. The molecule has 2 heterocycles. The lowest BCUT2D eigenvalue weighted by Gasteiger charge is -2.37. The molecule has 2 aromatic rings. The van der Waals surface area contributed by atoms with Crippen LogP contribution in [0.1, 0.15) is 61.9 Å². The molecule has 0 spiro atoms. The van der Waals surface area contributed by atoms with Crippen molar-refractivity contribution in [3.63, 3.8) is 0 Å². The van der Waals surface area contributed by atoms with Crippen LogP contribution in [-0.2, 0) is 13.0 Å². The Labute approximate surface area is 169 Å². The van der Waals surface area contributed by atoms with Gasteiger partial charge in [-0.25, -0.2) is 0 Å². The summed E-state index contributed by atoms with van der Waals surface area (Å²) >= 11 is 0. The summed E-state index contributed by atoms with van der Waals surface area (Å²) in [6.45, 7) is 10.3. The van der Waals surface area contributed by atoms with E-state index in [2.05, 4.69) is 77.6 Å². The monoisotopic (exact) mass is 378 g/mol. The topological polar surface area (TPSA) is 44.0 Å². The molecule has 0 bridgehead atoms. The zero-order valence-corrected chi connectivity index (χ0v) is 17.5. The van der Waals surface area contributed by atoms with Gasteiger partial charge in [0.2, 0.25) is 0 Å². The highest BCUT2D eigenvalue weighted by Gasteiger charge is 2.28. The van der Waals surface area contributed by atoms with E-state index in [0.717, 1.165) is 18.8 Å². The molecule has 2 N–H and O–H groups in total. The Kier molecular flexibility index (Phi) is 5.98. The van der Waals surface area contributed by atoms with Crippen LogP contribution in [0.3, 0.4) is 0 Å². The van der Waals surface area contributed by atoms with Crippen molar-refractivity contribution in [2.24, 2.45) is 5.92 Å². The summed E-state index contributed by atoms with van der Waals surface area (Å²) < 4.78 is 0. The number of aromatic nitrogens is 2. The van der Waals surface area contributed by atoms with Crippen molar-refractivity contribution in [1.82, 2.24) is 20.4 Å². The standard InChI is InChI=1S/C24H34N4/c1-17(2)13-19-6-8-20(9-7-19)15-28-12-4-5-21(16-28)26-23-10-11-24-22(18(23)3)14-25-27-24/h6-11,14,17-18,21,23,26H,4-5,12-13,15-16H2,1-3H3,(H,25,27). The van der Waals surface area contributed by atoms with Gasteiger partial charge in [-0.05, 0) is 48.9 Å². The van der Waals surface area contributed by atoms with Gasteiger partial charge in [-0.1, -0.05) is 51.1 Å². The van der Waals surface area contributed by atoms with Crippen LogP contribution < -0.4 is 5.32 Å². The molecule has 4 rings (SSSR count). The van der Waals surface area contributed by atoms with Crippen LogP contribution in [0.5, 0.6) is 0 Å². The first-order valence-electron chi connectivity index (χ1n) is 10.9. The lowest BCUT2D eigenvalue weighted by molar-refractivity contribution is 0.177. The minimum Gasteiger partial charge on any atom is -0.306 e. The number of likely N-dealkylation sites (tertiary alicyclic amines) is 1. The van der Waals surface area contributed by atoms with Crippen LogP contribution in [0.25, 0.3) is 6.08 Å². The molecule has 4 nitrogen and oxygen atoms in total. The number of H-pyrrole nitrogens is 1. The van der Waals surface area contributed by atoms with E-state index < -0.39 is 0 Å². The van der Waals surface area contributed by atoms with Crippen molar-refractivity contribution in [2.75, 3.05) is 13.1 Å². The third-order valence-corrected chi connectivity index (χ3v) is 6.21. The predicted octanol–water partition coefficient (Wildman–Crippen LogP) is 4.36. The van der Waals surface area contributed by atoms with Crippen molar-refractivity contribution in [1.29, 1.82) is 0 Å². The smallest absolute Gasteiger partial charge is 0.0610 e. The third kappa shape index (κ3) is 4.56. The number of rotatable bonds is 6. The minimum absolute atomic E-state index is 0.394. The second-order valence-corrected chi connectivity index (χ2v) is 9.07. The number of aromatic amines is 1. The molecule has 150 valence electrons. The van der Waals surface area contributed by atoms with E-state index in [1.165, 1.54) is 42.5 Å². The molecule has 1 aromatic heterocycles. The largest absolute Gasteiger partial charge is 0.306 e. The summed E-state index contributed by atoms with van der Waals surface area (Å²) in [5, 5.41) is 11.2. The van der Waals surface area contributed by atoms with Gasteiger partial charge < -0.3 is 5.32 Å². The predicted molar refractivity (Wildman–Crippen MR) is 116 cm³/mol. The van der Waals surface area contributed by atoms with E-state index >= 15 is 0 Å². The van der Waals surface area contributed by atoms with Crippen molar-refractivity contribution < 1.29 is 0 Å². The average Bonchev–Trinajstić information content (AvgIpc) is 3.15. The lowest BCUT2D eigenvalue weighted by Crippen LogP contribution is -2.49. The Morgan fingerprint density at radius 2 is 2.00 bits per heavy atom. The van der Waals surface area contributed by atoms with Gasteiger partial charge in [0.15, 0.2) is 0 Å². The summed E-state index contributed by atoms with van der Waals surface area (Å²) in [6.07, 6.45) is 10.2. The first-order valence-corrected chi connectivity index (χ1v) is 10.9. The van der Waals surface area contributed by atoms with E-state index in [0.29, 0.717) is 23.9 Å². The van der Waals surface area contributed by atoms with Gasteiger partial charge in [-0.2, -0.15) is 5.10 Å². The average molecular weight is 379 g/mol. The fraction of sp³-hybridized carbons (Fsp3) is 0.542. The Balaban J connectivity index is 1.32. The highest BCUT2D eigenvalue weighted by Crippen LogP contribution is 2.29. The van der Waals surface area contributed by atoms with Crippen molar-refractivity contribution in [3.05, 3.63) is 58.9 Å². The third-order valence-electron chi connectivity index (χ3n) is 6.21. The maximum atomic E-state index is 4.20. The Hall–Kier alpha value is -1.91. The van der Waals surface area contributed by atoms with Crippen LogP contribution in [0.2, 0.25) is 0 Å². The van der Waals surface area contributed by atoms with E-state index in [-0.39, 0.29) is 0 Å². The Bertz CT molecular complexity index is 789. The molecule has 1 saturated heterocycles. The number of piperidine rings is 1. The molecule has 1 aliphatic carbocycles. The number of hydrogen-bond donors (Lipinski definition) is 2. The highest BCUT2D eigenvalue weighted by molar-refractivity contribution is 5.54. The van der Waals surface area contributed by atoms with Crippen LogP contribution in [-0.4, -0.2) is 40.3 Å².